The number of amides is 1. The van der Waals surface area contributed by atoms with Crippen LogP contribution in [-0.4, -0.2) is 40.8 Å². The third-order valence-electron chi connectivity index (χ3n) is 5.51. The zero-order valence-corrected chi connectivity index (χ0v) is 21.9. The quantitative estimate of drug-likeness (QED) is 0.307. The number of ether oxygens (including phenoxy) is 2. The average molecular weight is 550 g/mol. The van der Waals surface area contributed by atoms with Crippen molar-refractivity contribution >= 4 is 27.3 Å². The van der Waals surface area contributed by atoms with Crippen molar-refractivity contribution < 1.29 is 35.9 Å². The molecule has 0 radical (unpaired) electrons. The Labute approximate surface area is 218 Å². The van der Waals surface area contributed by atoms with Gasteiger partial charge in [-0.2, -0.15) is 18.3 Å². The van der Waals surface area contributed by atoms with E-state index in [-0.39, 0.29) is 10.6 Å². The van der Waals surface area contributed by atoms with Gasteiger partial charge in [0, 0.05) is 5.56 Å². The van der Waals surface area contributed by atoms with Gasteiger partial charge in [0.2, 0.25) is 0 Å². The van der Waals surface area contributed by atoms with E-state index < -0.39 is 34.2 Å². The number of benzene rings is 3. The van der Waals surface area contributed by atoms with Crippen molar-refractivity contribution in [3.8, 4) is 11.5 Å². The number of hydrazone groups is 1. The summed E-state index contributed by atoms with van der Waals surface area (Å²) in [6.45, 7) is 2.54. The van der Waals surface area contributed by atoms with E-state index in [1.807, 2.05) is 0 Å². The first-order valence-corrected chi connectivity index (χ1v) is 12.6. The summed E-state index contributed by atoms with van der Waals surface area (Å²) in [4.78, 5) is 12.6. The van der Waals surface area contributed by atoms with Crippen molar-refractivity contribution in [2.45, 2.75) is 24.9 Å². The minimum atomic E-state index is -4.71. The molecule has 3 rings (SSSR count). The lowest BCUT2D eigenvalue weighted by molar-refractivity contribution is -0.137. The topological polar surface area (TPSA) is 97.3 Å². The van der Waals surface area contributed by atoms with Crippen LogP contribution in [0.5, 0.6) is 11.5 Å². The number of nitrogens with one attached hydrogen (secondary N) is 1. The summed E-state index contributed by atoms with van der Waals surface area (Å²) in [6, 6.07) is 14.5. The average Bonchev–Trinajstić information content (AvgIpc) is 2.89. The summed E-state index contributed by atoms with van der Waals surface area (Å²) in [6.07, 6.45) is -4.71. The molecule has 8 nitrogen and oxygen atoms in total. The molecule has 0 unspecified atom stereocenters. The summed E-state index contributed by atoms with van der Waals surface area (Å²) in [5, 5.41) is 4.01. The SMILES string of the molecule is COc1ccc(/C(C)=N\NC(=O)CN(c2cccc(C(F)(F)F)c2)S(=O)(=O)c2ccc(C)cc2)cc1OC. The van der Waals surface area contributed by atoms with Gasteiger partial charge in [-0.25, -0.2) is 13.8 Å². The third kappa shape index (κ3) is 6.62. The lowest BCUT2D eigenvalue weighted by Crippen LogP contribution is -2.40. The monoisotopic (exact) mass is 549 g/mol. The highest BCUT2D eigenvalue weighted by Crippen LogP contribution is 2.33. The lowest BCUT2D eigenvalue weighted by Gasteiger charge is -2.24. The van der Waals surface area contributed by atoms with Gasteiger partial charge in [-0.05, 0) is 62.4 Å². The molecule has 0 aromatic heterocycles. The number of nitrogens with zero attached hydrogens (tertiary/aromatic N) is 2. The molecule has 38 heavy (non-hydrogen) atoms. The first-order chi connectivity index (χ1) is 17.9. The van der Waals surface area contributed by atoms with Gasteiger partial charge in [-0.3, -0.25) is 9.10 Å². The lowest BCUT2D eigenvalue weighted by atomic mass is 10.1. The molecule has 202 valence electrons. The second-order valence-corrected chi connectivity index (χ2v) is 10.0. The molecular formula is C26H26F3N3O5S. The molecule has 0 aliphatic heterocycles. The van der Waals surface area contributed by atoms with E-state index in [0.717, 1.165) is 17.7 Å². The number of aryl methyl sites for hydroxylation is 1. The predicted molar refractivity (Wildman–Crippen MR) is 137 cm³/mol. The highest BCUT2D eigenvalue weighted by atomic mass is 32.2. The van der Waals surface area contributed by atoms with Crippen molar-refractivity contribution in [1.82, 2.24) is 5.43 Å². The molecule has 0 atom stereocenters. The number of anilines is 1. The van der Waals surface area contributed by atoms with Crippen LogP contribution in [0.15, 0.2) is 76.7 Å². The van der Waals surface area contributed by atoms with Gasteiger partial charge >= 0.3 is 6.18 Å². The molecule has 0 fully saturated rings. The third-order valence-corrected chi connectivity index (χ3v) is 7.30. The normalized spacial score (nSPS) is 12.1. The smallest absolute Gasteiger partial charge is 0.416 e. The number of hydrogen-bond acceptors (Lipinski definition) is 6. The van der Waals surface area contributed by atoms with E-state index in [0.29, 0.717) is 33.1 Å². The number of halogens is 3. The summed E-state index contributed by atoms with van der Waals surface area (Å²) in [7, 11) is -1.46. The van der Waals surface area contributed by atoms with Crippen LogP contribution < -0.4 is 19.2 Å². The van der Waals surface area contributed by atoms with Gasteiger partial charge in [0.25, 0.3) is 15.9 Å². The number of carbonyl (C=O) groups excluding carboxylic acids is 1. The summed E-state index contributed by atoms with van der Waals surface area (Å²) >= 11 is 0. The first-order valence-electron chi connectivity index (χ1n) is 11.2. The zero-order chi connectivity index (χ0) is 28.1. The maximum absolute atomic E-state index is 13.4. The van der Waals surface area contributed by atoms with E-state index in [2.05, 4.69) is 10.5 Å². The van der Waals surface area contributed by atoms with Crippen molar-refractivity contribution in [2.75, 3.05) is 25.1 Å². The van der Waals surface area contributed by atoms with Gasteiger partial charge in [-0.1, -0.05) is 23.8 Å². The maximum Gasteiger partial charge on any atom is 0.416 e. The van der Waals surface area contributed by atoms with Crippen LogP contribution >= 0.6 is 0 Å². The summed E-state index contributed by atoms with van der Waals surface area (Å²) in [5.41, 5.74) is 2.64. The van der Waals surface area contributed by atoms with Crippen molar-refractivity contribution in [3.63, 3.8) is 0 Å². The number of carbonyl (C=O) groups is 1. The van der Waals surface area contributed by atoms with Gasteiger partial charge in [-0.15, -0.1) is 0 Å². The van der Waals surface area contributed by atoms with Crippen molar-refractivity contribution in [2.24, 2.45) is 5.10 Å². The highest BCUT2D eigenvalue weighted by Gasteiger charge is 2.33. The van der Waals surface area contributed by atoms with Crippen LogP contribution in [0.4, 0.5) is 18.9 Å². The minimum absolute atomic E-state index is 0.182. The Hall–Kier alpha value is -4.06. The standard InChI is InChI=1S/C26H26F3N3O5S/c1-17-8-11-22(12-9-17)38(34,35)32(21-7-5-6-20(15-21)26(27,28)29)16-25(33)31-30-18(2)19-10-13-23(36-3)24(14-19)37-4/h5-15H,16H2,1-4H3,(H,31,33)/b30-18-. The molecule has 0 bridgehead atoms. The first kappa shape index (κ1) is 28.5. The van der Waals surface area contributed by atoms with E-state index in [1.165, 1.54) is 32.4 Å². The van der Waals surface area contributed by atoms with E-state index in [9.17, 15) is 26.4 Å². The zero-order valence-electron chi connectivity index (χ0n) is 21.0. The van der Waals surface area contributed by atoms with Crippen molar-refractivity contribution in [3.05, 3.63) is 83.4 Å². The predicted octanol–water partition coefficient (Wildman–Crippen LogP) is 4.77. The number of alkyl halides is 3. The molecule has 0 aliphatic rings. The van der Waals surface area contributed by atoms with Gasteiger partial charge in [0.15, 0.2) is 11.5 Å². The second-order valence-electron chi connectivity index (χ2n) is 8.17. The summed E-state index contributed by atoms with van der Waals surface area (Å²) < 4.78 is 78.0. The Bertz CT molecular complexity index is 1440. The molecule has 1 N–H and O–H groups in total. The van der Waals surface area contributed by atoms with Crippen molar-refractivity contribution in [1.29, 1.82) is 0 Å². The molecule has 12 heteroatoms. The van der Waals surface area contributed by atoms with Crippen LogP contribution in [0.1, 0.15) is 23.6 Å². The molecule has 0 saturated heterocycles. The van der Waals surface area contributed by atoms with Crippen LogP contribution in [0, 0.1) is 6.92 Å². The Morgan fingerprint density at radius 1 is 0.974 bits per heavy atom. The maximum atomic E-state index is 13.4. The Morgan fingerprint density at radius 3 is 2.24 bits per heavy atom. The van der Waals surface area contributed by atoms with Crippen LogP contribution in [0.2, 0.25) is 0 Å². The molecule has 0 aliphatic carbocycles. The molecule has 0 heterocycles. The second kappa shape index (κ2) is 11.5. The van der Waals surface area contributed by atoms with Gasteiger partial charge < -0.3 is 9.47 Å². The van der Waals surface area contributed by atoms with Crippen LogP contribution in [-0.2, 0) is 21.0 Å². The van der Waals surface area contributed by atoms with Gasteiger partial charge in [0.05, 0.1) is 36.1 Å². The van der Waals surface area contributed by atoms with E-state index in [4.69, 9.17) is 9.47 Å². The number of hydrogen-bond donors (Lipinski definition) is 1. The van der Waals surface area contributed by atoms with Crippen LogP contribution in [0.25, 0.3) is 0 Å². The minimum Gasteiger partial charge on any atom is -0.493 e. The van der Waals surface area contributed by atoms with Crippen LogP contribution in [0.3, 0.4) is 0 Å². The Morgan fingerprint density at radius 2 is 1.63 bits per heavy atom. The number of rotatable bonds is 9. The molecule has 3 aromatic rings. The molecular weight excluding hydrogens is 523 g/mol. The largest absolute Gasteiger partial charge is 0.493 e. The Balaban J connectivity index is 1.93. The highest BCUT2D eigenvalue weighted by molar-refractivity contribution is 7.92. The molecule has 0 saturated carbocycles. The number of sulfonamides is 1. The van der Waals surface area contributed by atoms with Gasteiger partial charge in [0.1, 0.15) is 6.54 Å². The fraction of sp³-hybridized carbons (Fsp3) is 0.231. The van der Waals surface area contributed by atoms with E-state index in [1.54, 1.807) is 44.2 Å². The molecule has 3 aromatic carbocycles. The number of methoxy groups -OCH3 is 2. The fourth-order valence-corrected chi connectivity index (χ4v) is 4.84. The Kier molecular flexibility index (Phi) is 8.67. The van der Waals surface area contributed by atoms with E-state index >= 15 is 0 Å². The summed E-state index contributed by atoms with van der Waals surface area (Å²) in [5.74, 6) is 0.0647. The molecule has 1 amide bonds. The molecule has 0 spiro atoms. The fourth-order valence-electron chi connectivity index (χ4n) is 3.43.